The van der Waals surface area contributed by atoms with E-state index in [0.717, 1.165) is 24.8 Å². The van der Waals surface area contributed by atoms with Crippen LogP contribution in [0.5, 0.6) is 0 Å². The van der Waals surface area contributed by atoms with Crippen LogP contribution < -0.4 is 0 Å². The molecule has 0 aromatic carbocycles. The standard InChI is InChI=1S/C23H25NO4/c1-21-5-3-14(25)8-13(21)7-12(10-24)18-16(21)4-6-22(2)19(18)15-9-17(15)23(22)11-27-20(26)28-23/h4,7,12,15,17-19H,3,5-6,8-9,11H2,1-2H3/t12-,15+,17-,18?,19?,21-,22-,23-/m0/s1. The minimum Gasteiger partial charge on any atom is -0.430 e. The molecule has 6 aliphatic rings. The Kier molecular flexibility index (Phi) is 2.94. The van der Waals surface area contributed by atoms with E-state index in [1.54, 1.807) is 0 Å². The molecule has 146 valence electrons. The average Bonchev–Trinajstić information content (AvgIpc) is 3.30. The summed E-state index contributed by atoms with van der Waals surface area (Å²) in [6.07, 6.45) is 7.78. The predicted octanol–water partition coefficient (Wildman–Crippen LogP) is 3.95. The first kappa shape index (κ1) is 16.8. The highest BCUT2D eigenvalue weighted by atomic mass is 16.8. The molecular formula is C23H25NO4. The van der Waals surface area contributed by atoms with E-state index < -0.39 is 11.8 Å². The van der Waals surface area contributed by atoms with Gasteiger partial charge < -0.3 is 9.47 Å². The second-order valence-electron chi connectivity index (χ2n) is 10.3. The Morgan fingerprint density at radius 3 is 2.82 bits per heavy atom. The van der Waals surface area contributed by atoms with Gasteiger partial charge in [0.25, 0.3) is 0 Å². The molecule has 8 atom stereocenters. The number of ketones is 1. The largest absolute Gasteiger partial charge is 0.509 e. The quantitative estimate of drug-likeness (QED) is 0.470. The number of ether oxygens (including phenoxy) is 2. The monoisotopic (exact) mass is 379 g/mol. The normalized spacial score (nSPS) is 53.0. The number of cyclic esters (lactones) is 1. The third-order valence-electron chi connectivity index (χ3n) is 9.32. The molecule has 0 amide bonds. The number of hydrogen-bond acceptors (Lipinski definition) is 5. The lowest BCUT2D eigenvalue weighted by atomic mass is 9.48. The van der Waals surface area contributed by atoms with E-state index in [-0.39, 0.29) is 28.4 Å². The Morgan fingerprint density at radius 1 is 1.29 bits per heavy atom. The van der Waals surface area contributed by atoms with Crippen molar-refractivity contribution in [2.45, 2.75) is 51.6 Å². The Bertz CT molecular complexity index is 927. The number of carbonyl (C=O) groups excluding carboxylic acids is 2. The summed E-state index contributed by atoms with van der Waals surface area (Å²) in [6, 6.07) is 2.56. The third kappa shape index (κ3) is 1.70. The first-order valence-corrected chi connectivity index (χ1v) is 10.5. The van der Waals surface area contributed by atoms with Crippen LogP contribution in [0, 0.1) is 51.8 Å². The fourth-order valence-corrected chi connectivity index (χ4v) is 7.85. The number of nitrogens with zero attached hydrogens (tertiary/aromatic N) is 1. The topological polar surface area (TPSA) is 76.4 Å². The summed E-state index contributed by atoms with van der Waals surface area (Å²) in [5.41, 5.74) is 1.70. The van der Waals surface area contributed by atoms with Gasteiger partial charge in [-0.05, 0) is 31.1 Å². The molecule has 1 saturated heterocycles. The van der Waals surface area contributed by atoms with Crippen molar-refractivity contribution in [3.8, 4) is 6.07 Å². The van der Waals surface area contributed by atoms with Crippen molar-refractivity contribution in [3.05, 3.63) is 23.3 Å². The van der Waals surface area contributed by atoms with Crippen LogP contribution in [-0.2, 0) is 14.3 Å². The van der Waals surface area contributed by atoms with Gasteiger partial charge in [-0.15, -0.1) is 0 Å². The lowest BCUT2D eigenvalue weighted by Crippen LogP contribution is -2.55. The summed E-state index contributed by atoms with van der Waals surface area (Å²) in [7, 11) is 0. The molecule has 5 aliphatic carbocycles. The summed E-state index contributed by atoms with van der Waals surface area (Å²) in [5, 5.41) is 10.1. The van der Waals surface area contributed by atoms with Gasteiger partial charge in [0.15, 0.2) is 5.60 Å². The van der Waals surface area contributed by atoms with Crippen molar-refractivity contribution < 1.29 is 19.1 Å². The van der Waals surface area contributed by atoms with Crippen LogP contribution in [-0.4, -0.2) is 24.1 Å². The summed E-state index contributed by atoms with van der Waals surface area (Å²) >= 11 is 0. The molecule has 1 heterocycles. The van der Waals surface area contributed by atoms with E-state index in [2.05, 4.69) is 32.1 Å². The maximum Gasteiger partial charge on any atom is 0.509 e. The van der Waals surface area contributed by atoms with Crippen molar-refractivity contribution >= 4 is 11.9 Å². The SMILES string of the molecule is C[C@]12CCC(=O)CC1=C[C@@H](C#N)C1C2=CC[C@@]2(C)C1[C@@H]1C[C@@H]1[C@@]21COC(=O)O1. The molecule has 0 aromatic rings. The van der Waals surface area contributed by atoms with E-state index in [0.29, 0.717) is 37.2 Å². The molecule has 1 aliphatic heterocycles. The molecule has 0 N–H and O–H groups in total. The van der Waals surface area contributed by atoms with Gasteiger partial charge in [0.05, 0.1) is 12.0 Å². The van der Waals surface area contributed by atoms with Crippen molar-refractivity contribution in [2.75, 3.05) is 6.61 Å². The lowest BCUT2D eigenvalue weighted by Gasteiger charge is -2.56. The smallest absolute Gasteiger partial charge is 0.430 e. The van der Waals surface area contributed by atoms with Crippen LogP contribution in [0.2, 0.25) is 0 Å². The first-order valence-electron chi connectivity index (χ1n) is 10.5. The van der Waals surface area contributed by atoms with Gasteiger partial charge in [-0.25, -0.2) is 4.79 Å². The van der Waals surface area contributed by atoms with E-state index in [4.69, 9.17) is 9.47 Å². The molecule has 3 saturated carbocycles. The van der Waals surface area contributed by atoms with Gasteiger partial charge in [-0.3, -0.25) is 4.79 Å². The highest BCUT2D eigenvalue weighted by molar-refractivity contribution is 5.83. The summed E-state index contributed by atoms with van der Waals surface area (Å²) in [6.45, 7) is 4.87. The molecule has 0 bridgehead atoms. The van der Waals surface area contributed by atoms with Gasteiger partial charge in [0.1, 0.15) is 12.4 Å². The van der Waals surface area contributed by atoms with E-state index >= 15 is 0 Å². The van der Waals surface area contributed by atoms with Crippen LogP contribution in [0.15, 0.2) is 23.3 Å². The number of allylic oxidation sites excluding steroid dienone is 4. The Hall–Kier alpha value is -2.09. The molecule has 2 unspecified atom stereocenters. The van der Waals surface area contributed by atoms with E-state index in [1.807, 2.05) is 0 Å². The molecule has 4 fully saturated rings. The minimum absolute atomic E-state index is 0.101. The van der Waals surface area contributed by atoms with E-state index in [9.17, 15) is 14.9 Å². The van der Waals surface area contributed by atoms with Crippen LogP contribution in [0.1, 0.15) is 46.0 Å². The Balaban J connectivity index is 1.50. The maximum absolute atomic E-state index is 12.1. The highest BCUT2D eigenvalue weighted by Gasteiger charge is 2.79. The van der Waals surface area contributed by atoms with Crippen molar-refractivity contribution in [1.82, 2.24) is 0 Å². The molecule has 6 rings (SSSR count). The second kappa shape index (κ2) is 4.90. The first-order chi connectivity index (χ1) is 13.3. The maximum atomic E-state index is 12.1. The Labute approximate surface area is 164 Å². The van der Waals surface area contributed by atoms with Gasteiger partial charge >= 0.3 is 6.16 Å². The van der Waals surface area contributed by atoms with Crippen molar-refractivity contribution in [2.24, 2.45) is 40.4 Å². The fourth-order valence-electron chi connectivity index (χ4n) is 7.85. The molecular weight excluding hydrogens is 354 g/mol. The van der Waals surface area contributed by atoms with Crippen molar-refractivity contribution in [3.63, 3.8) is 0 Å². The van der Waals surface area contributed by atoms with Gasteiger partial charge in [0, 0.05) is 35.5 Å². The minimum atomic E-state index is -0.539. The van der Waals surface area contributed by atoms with Gasteiger partial charge in [-0.1, -0.05) is 37.1 Å². The fraction of sp³-hybridized carbons (Fsp3) is 0.696. The number of Topliss-reactive ketones (excluding diaryl/α,β-unsaturated/α-hetero) is 1. The zero-order valence-electron chi connectivity index (χ0n) is 16.4. The van der Waals surface area contributed by atoms with Crippen molar-refractivity contribution in [1.29, 1.82) is 5.26 Å². The zero-order valence-corrected chi connectivity index (χ0v) is 16.4. The average molecular weight is 379 g/mol. The molecule has 5 heteroatoms. The number of rotatable bonds is 0. The zero-order chi connectivity index (χ0) is 19.5. The molecule has 28 heavy (non-hydrogen) atoms. The number of carbonyl (C=O) groups is 2. The van der Waals surface area contributed by atoms with Crippen LogP contribution in [0.25, 0.3) is 0 Å². The van der Waals surface area contributed by atoms with Crippen LogP contribution in [0.4, 0.5) is 4.79 Å². The second-order valence-corrected chi connectivity index (χ2v) is 10.3. The van der Waals surface area contributed by atoms with Gasteiger partial charge in [0.2, 0.25) is 0 Å². The highest BCUT2D eigenvalue weighted by Crippen LogP contribution is 2.77. The summed E-state index contributed by atoms with van der Waals surface area (Å²) in [4.78, 5) is 24.0. The molecule has 5 nitrogen and oxygen atoms in total. The molecule has 1 spiro atoms. The van der Waals surface area contributed by atoms with Crippen LogP contribution >= 0.6 is 0 Å². The number of nitriles is 1. The van der Waals surface area contributed by atoms with Crippen LogP contribution in [0.3, 0.4) is 0 Å². The summed E-state index contributed by atoms with van der Waals surface area (Å²) in [5.74, 6) is 1.40. The molecule has 0 radical (unpaired) electrons. The lowest BCUT2D eigenvalue weighted by molar-refractivity contribution is -0.120. The Morgan fingerprint density at radius 2 is 2.11 bits per heavy atom. The van der Waals surface area contributed by atoms with Gasteiger partial charge in [-0.2, -0.15) is 5.26 Å². The third-order valence-corrected chi connectivity index (χ3v) is 9.32. The molecule has 0 aromatic heterocycles. The number of hydrogen-bond donors (Lipinski definition) is 0. The summed E-state index contributed by atoms with van der Waals surface area (Å²) < 4.78 is 11.2. The predicted molar refractivity (Wildman–Crippen MR) is 98.7 cm³/mol. The number of fused-ring (bicyclic) bond motifs is 9. The van der Waals surface area contributed by atoms with E-state index in [1.165, 1.54) is 5.57 Å².